The lowest BCUT2D eigenvalue weighted by Crippen LogP contribution is -2.27. The maximum atomic E-state index is 12.9. The van der Waals surface area contributed by atoms with Crippen LogP contribution in [-0.2, 0) is 11.0 Å². The molecule has 1 aliphatic rings. The van der Waals surface area contributed by atoms with E-state index >= 15 is 0 Å². The molecule has 1 aromatic carbocycles. The van der Waals surface area contributed by atoms with Crippen LogP contribution in [0.5, 0.6) is 5.75 Å². The molecule has 156 valence electrons. The molecular weight excluding hydrogens is 383 g/mol. The van der Waals surface area contributed by atoms with Crippen molar-refractivity contribution in [1.82, 2.24) is 10.3 Å². The SMILES string of the molecule is CCNC(=O)C(C)c1ccc(OC2CCN(c3cccc(C(F)(F)F)n3)C2)cc1. The first-order chi connectivity index (χ1) is 13.8. The van der Waals surface area contributed by atoms with Crippen molar-refractivity contribution < 1.29 is 22.7 Å². The number of anilines is 1. The molecule has 1 aromatic heterocycles. The summed E-state index contributed by atoms with van der Waals surface area (Å²) in [6, 6.07) is 11.3. The third-order valence-electron chi connectivity index (χ3n) is 4.92. The number of nitrogens with zero attached hydrogens (tertiary/aromatic N) is 2. The zero-order valence-electron chi connectivity index (χ0n) is 16.4. The van der Waals surface area contributed by atoms with Gasteiger partial charge in [0.25, 0.3) is 0 Å². The van der Waals surface area contributed by atoms with Crippen molar-refractivity contribution in [2.75, 3.05) is 24.5 Å². The summed E-state index contributed by atoms with van der Waals surface area (Å²) in [5.41, 5.74) is 0.000649. The van der Waals surface area contributed by atoms with Crippen molar-refractivity contribution in [3.63, 3.8) is 0 Å². The van der Waals surface area contributed by atoms with Crippen molar-refractivity contribution in [2.45, 2.75) is 38.5 Å². The van der Waals surface area contributed by atoms with Gasteiger partial charge in [0.1, 0.15) is 23.4 Å². The molecule has 2 heterocycles. The van der Waals surface area contributed by atoms with Crippen LogP contribution in [0.25, 0.3) is 0 Å². The van der Waals surface area contributed by atoms with Gasteiger partial charge >= 0.3 is 6.18 Å². The van der Waals surface area contributed by atoms with Crippen LogP contribution < -0.4 is 15.0 Å². The first kappa shape index (κ1) is 21.0. The molecule has 8 heteroatoms. The van der Waals surface area contributed by atoms with Gasteiger partial charge in [0, 0.05) is 19.5 Å². The highest BCUT2D eigenvalue weighted by Crippen LogP contribution is 2.30. The summed E-state index contributed by atoms with van der Waals surface area (Å²) in [5, 5.41) is 2.80. The molecule has 0 saturated carbocycles. The van der Waals surface area contributed by atoms with Gasteiger partial charge in [0.2, 0.25) is 5.91 Å². The average Bonchev–Trinajstić information content (AvgIpc) is 3.16. The number of nitrogens with one attached hydrogen (secondary N) is 1. The molecule has 0 aliphatic carbocycles. The summed E-state index contributed by atoms with van der Waals surface area (Å²) < 4.78 is 44.6. The summed E-state index contributed by atoms with van der Waals surface area (Å²) in [7, 11) is 0. The first-order valence-corrected chi connectivity index (χ1v) is 9.61. The molecule has 1 saturated heterocycles. The standard InChI is InChI=1S/C21H24F3N3O2/c1-3-25-20(28)14(2)15-7-9-16(10-8-15)29-17-11-12-27(13-17)19-6-4-5-18(26-19)21(22,23)24/h4-10,14,17H,3,11-13H2,1-2H3,(H,25,28). The average molecular weight is 407 g/mol. The minimum absolute atomic E-state index is 0.0267. The van der Waals surface area contributed by atoms with Crippen molar-refractivity contribution in [2.24, 2.45) is 0 Å². The minimum Gasteiger partial charge on any atom is -0.489 e. The molecule has 1 fully saturated rings. The van der Waals surface area contributed by atoms with Crippen molar-refractivity contribution in [1.29, 1.82) is 0 Å². The lowest BCUT2D eigenvalue weighted by Gasteiger charge is -2.19. The van der Waals surface area contributed by atoms with Gasteiger partial charge < -0.3 is 15.0 Å². The topological polar surface area (TPSA) is 54.5 Å². The second-order valence-corrected chi connectivity index (χ2v) is 7.04. The number of carbonyl (C=O) groups excluding carboxylic acids is 1. The number of ether oxygens (including phenoxy) is 1. The molecule has 29 heavy (non-hydrogen) atoms. The highest BCUT2D eigenvalue weighted by atomic mass is 19.4. The Labute approximate surface area is 167 Å². The third-order valence-corrected chi connectivity index (χ3v) is 4.92. The van der Waals surface area contributed by atoms with Crippen molar-refractivity contribution >= 4 is 11.7 Å². The number of amides is 1. The number of aromatic nitrogens is 1. The Kier molecular flexibility index (Phi) is 6.30. The van der Waals surface area contributed by atoms with Gasteiger partial charge in [-0.15, -0.1) is 0 Å². The van der Waals surface area contributed by atoms with Crippen LogP contribution in [0.15, 0.2) is 42.5 Å². The molecule has 1 aliphatic heterocycles. The van der Waals surface area contributed by atoms with Crippen LogP contribution in [-0.4, -0.2) is 36.6 Å². The van der Waals surface area contributed by atoms with Gasteiger partial charge in [-0.2, -0.15) is 13.2 Å². The van der Waals surface area contributed by atoms with Gasteiger partial charge in [-0.1, -0.05) is 18.2 Å². The number of likely N-dealkylation sites (N-methyl/N-ethyl adjacent to an activating group) is 1. The molecule has 2 aromatic rings. The van der Waals surface area contributed by atoms with E-state index in [0.29, 0.717) is 37.6 Å². The van der Waals surface area contributed by atoms with Crippen LogP contribution in [0.3, 0.4) is 0 Å². The lowest BCUT2D eigenvalue weighted by molar-refractivity contribution is -0.141. The van der Waals surface area contributed by atoms with Gasteiger partial charge in [0.05, 0.1) is 12.5 Å². The van der Waals surface area contributed by atoms with Crippen LogP contribution in [0.4, 0.5) is 19.0 Å². The first-order valence-electron chi connectivity index (χ1n) is 9.61. The lowest BCUT2D eigenvalue weighted by atomic mass is 10.0. The predicted octanol–water partition coefficient (Wildman–Crippen LogP) is 4.00. The number of hydrogen-bond donors (Lipinski definition) is 1. The van der Waals surface area contributed by atoms with E-state index in [2.05, 4.69) is 10.3 Å². The van der Waals surface area contributed by atoms with Gasteiger partial charge in [-0.25, -0.2) is 4.98 Å². The molecule has 3 rings (SSSR count). The number of benzene rings is 1. The van der Waals surface area contributed by atoms with Crippen LogP contribution >= 0.6 is 0 Å². The Hall–Kier alpha value is -2.77. The minimum atomic E-state index is -4.46. The summed E-state index contributed by atoms with van der Waals surface area (Å²) in [6.07, 6.45) is -3.91. The van der Waals surface area contributed by atoms with E-state index in [0.717, 1.165) is 11.6 Å². The Morgan fingerprint density at radius 3 is 2.66 bits per heavy atom. The van der Waals surface area contributed by atoms with Crippen LogP contribution in [0, 0.1) is 0 Å². The predicted molar refractivity (Wildman–Crippen MR) is 104 cm³/mol. The normalized spacial score (nSPS) is 17.8. The second-order valence-electron chi connectivity index (χ2n) is 7.04. The van der Waals surface area contributed by atoms with E-state index in [1.807, 2.05) is 38.1 Å². The zero-order valence-corrected chi connectivity index (χ0v) is 16.4. The highest BCUT2D eigenvalue weighted by molar-refractivity contribution is 5.83. The molecule has 2 unspecified atom stereocenters. The summed E-state index contributed by atoms with van der Waals surface area (Å²) in [5.74, 6) is 0.692. The number of halogens is 3. The molecule has 0 spiro atoms. The quantitative estimate of drug-likeness (QED) is 0.787. The van der Waals surface area contributed by atoms with E-state index in [9.17, 15) is 18.0 Å². The van der Waals surface area contributed by atoms with Gasteiger partial charge in [-0.05, 0) is 43.7 Å². The van der Waals surface area contributed by atoms with Crippen LogP contribution in [0.2, 0.25) is 0 Å². The molecule has 1 amide bonds. The zero-order chi connectivity index (χ0) is 21.0. The Balaban J connectivity index is 1.60. The van der Waals surface area contributed by atoms with E-state index in [1.165, 1.54) is 6.07 Å². The molecule has 2 atom stereocenters. The van der Waals surface area contributed by atoms with E-state index < -0.39 is 11.9 Å². The van der Waals surface area contributed by atoms with Crippen molar-refractivity contribution in [3.05, 3.63) is 53.7 Å². The number of hydrogen-bond acceptors (Lipinski definition) is 4. The Morgan fingerprint density at radius 2 is 2.00 bits per heavy atom. The summed E-state index contributed by atoms with van der Waals surface area (Å²) in [6.45, 7) is 5.35. The van der Waals surface area contributed by atoms with E-state index in [4.69, 9.17) is 4.74 Å². The van der Waals surface area contributed by atoms with E-state index in [-0.39, 0.29) is 17.9 Å². The number of carbonyl (C=O) groups is 1. The van der Waals surface area contributed by atoms with E-state index in [1.54, 1.807) is 11.0 Å². The summed E-state index contributed by atoms with van der Waals surface area (Å²) >= 11 is 0. The monoisotopic (exact) mass is 407 g/mol. The summed E-state index contributed by atoms with van der Waals surface area (Å²) in [4.78, 5) is 17.5. The van der Waals surface area contributed by atoms with Crippen molar-refractivity contribution in [3.8, 4) is 5.75 Å². The maximum Gasteiger partial charge on any atom is 0.433 e. The molecule has 0 radical (unpaired) electrons. The fourth-order valence-electron chi connectivity index (χ4n) is 3.30. The molecular formula is C21H24F3N3O2. The maximum absolute atomic E-state index is 12.9. The van der Waals surface area contributed by atoms with Crippen LogP contribution in [0.1, 0.15) is 37.4 Å². The fraction of sp³-hybridized carbons (Fsp3) is 0.429. The smallest absolute Gasteiger partial charge is 0.433 e. The number of pyridine rings is 1. The van der Waals surface area contributed by atoms with Gasteiger partial charge in [0.15, 0.2) is 0 Å². The third kappa shape index (κ3) is 5.19. The molecule has 1 N–H and O–H groups in total. The molecule has 5 nitrogen and oxygen atoms in total. The number of rotatable bonds is 6. The second kappa shape index (κ2) is 8.71. The van der Waals surface area contributed by atoms with Gasteiger partial charge in [-0.3, -0.25) is 4.79 Å². The fourth-order valence-corrected chi connectivity index (χ4v) is 3.30. The largest absolute Gasteiger partial charge is 0.489 e. The Bertz CT molecular complexity index is 840. The Morgan fingerprint density at radius 1 is 1.28 bits per heavy atom. The highest BCUT2D eigenvalue weighted by Gasteiger charge is 2.33. The number of alkyl halides is 3. The molecule has 0 bridgehead atoms.